The number of hydrogen-bond donors (Lipinski definition) is 1. The molecule has 1 N–H and O–H groups in total. The fourth-order valence-electron chi connectivity index (χ4n) is 0. The van der Waals surface area contributed by atoms with Crippen LogP contribution in [0.4, 0.5) is 0 Å². The van der Waals surface area contributed by atoms with Gasteiger partial charge in [-0.2, -0.15) is 0 Å². The van der Waals surface area contributed by atoms with E-state index in [4.69, 9.17) is 9.46 Å². The second-order valence-corrected chi connectivity index (χ2v) is 1.06. The molecule has 0 aromatic rings. The highest BCUT2D eigenvalue weighted by molar-refractivity contribution is 7.36. The zero-order valence-electron chi connectivity index (χ0n) is 2.01. The molecule has 3 heteroatoms. The van der Waals surface area contributed by atoms with Gasteiger partial charge in [0.25, 0.3) is 0 Å². The van der Waals surface area contributed by atoms with Gasteiger partial charge in [-0.05, 0) is 6.30 Å². The molecule has 2 nitrogen and oxygen atoms in total. The van der Waals surface area contributed by atoms with Crippen molar-refractivity contribution in [3.8, 4) is 0 Å². The van der Waals surface area contributed by atoms with Crippen LogP contribution in [0.5, 0.6) is 0 Å². The van der Waals surface area contributed by atoms with Gasteiger partial charge < -0.3 is 4.89 Å². The van der Waals surface area contributed by atoms with Crippen LogP contribution in [0.25, 0.3) is 0 Å². The van der Waals surface area contributed by atoms with Crippen LogP contribution in [-0.4, -0.2) is 11.2 Å². The molecule has 0 aromatic heterocycles. The monoisotopic (exact) mass is 78.0 g/mol. The van der Waals surface area contributed by atoms with Gasteiger partial charge in [0.05, 0.1) is 0 Å². The van der Waals surface area contributed by atoms with E-state index in [2.05, 4.69) is 6.30 Å². The van der Waals surface area contributed by atoms with E-state index in [1.807, 2.05) is 0 Å². The Morgan fingerprint density at radius 3 is 2.00 bits per heavy atom. The van der Waals surface area contributed by atoms with Crippen molar-refractivity contribution < 1.29 is 9.46 Å². The summed E-state index contributed by atoms with van der Waals surface area (Å²) in [7, 11) is -2.12. The van der Waals surface area contributed by atoms with Crippen LogP contribution >= 0.6 is 7.65 Å². The second kappa shape index (κ2) is 1.27. The van der Waals surface area contributed by atoms with E-state index in [1.54, 1.807) is 0 Å². The first-order chi connectivity index (χ1) is 1.73. The quantitative estimate of drug-likeness (QED) is 0.419. The SMILES string of the molecule is C=P(=O)O. The molecule has 1 atom stereocenters. The van der Waals surface area contributed by atoms with Gasteiger partial charge in [-0.25, -0.2) is 0 Å². The van der Waals surface area contributed by atoms with E-state index in [1.165, 1.54) is 0 Å². The Morgan fingerprint density at radius 2 is 2.00 bits per heavy atom. The minimum atomic E-state index is -2.12. The summed E-state index contributed by atoms with van der Waals surface area (Å²) in [5, 5.41) is 0. The fraction of sp³-hybridized carbons (Fsp3) is 0. The van der Waals surface area contributed by atoms with Crippen molar-refractivity contribution in [1.29, 1.82) is 0 Å². The number of hydrogen-bond acceptors (Lipinski definition) is 1. The maximum Gasteiger partial charge on any atom is 0.228 e. The van der Waals surface area contributed by atoms with Crippen LogP contribution < -0.4 is 0 Å². The van der Waals surface area contributed by atoms with Crippen molar-refractivity contribution in [2.45, 2.75) is 0 Å². The summed E-state index contributed by atoms with van der Waals surface area (Å²) in [6.45, 7) is 0. The van der Waals surface area contributed by atoms with Crippen LogP contribution in [0, 0.1) is 0 Å². The first-order valence-electron chi connectivity index (χ1n) is 0.699. The second-order valence-electron chi connectivity index (χ2n) is 0.352. The van der Waals surface area contributed by atoms with Gasteiger partial charge in [-0.15, -0.1) is 0 Å². The molecule has 0 saturated carbocycles. The van der Waals surface area contributed by atoms with Crippen molar-refractivity contribution in [2.75, 3.05) is 0 Å². The fourth-order valence-corrected chi connectivity index (χ4v) is 0. The first-order valence-corrected chi connectivity index (χ1v) is 2.10. The Balaban J connectivity index is 3.51. The molecule has 0 aromatic carbocycles. The average Bonchev–Trinajstić information content (AvgIpc) is 0.811. The molecule has 0 heterocycles. The van der Waals surface area contributed by atoms with E-state index in [-0.39, 0.29) is 0 Å². The maximum absolute atomic E-state index is 9.04. The van der Waals surface area contributed by atoms with E-state index in [0.29, 0.717) is 0 Å². The van der Waals surface area contributed by atoms with Gasteiger partial charge in [0.15, 0.2) is 0 Å². The Hall–Kier alpha value is -0.0700. The van der Waals surface area contributed by atoms with Crippen molar-refractivity contribution in [1.82, 2.24) is 0 Å². The van der Waals surface area contributed by atoms with Crippen molar-refractivity contribution in [2.24, 2.45) is 0 Å². The summed E-state index contributed by atoms with van der Waals surface area (Å²) < 4.78 is 9.04. The highest BCUT2D eigenvalue weighted by Crippen LogP contribution is 1.83. The summed E-state index contributed by atoms with van der Waals surface area (Å²) in [5.41, 5.74) is 0. The van der Waals surface area contributed by atoms with Crippen LogP contribution in [-0.2, 0) is 4.57 Å². The van der Waals surface area contributed by atoms with Gasteiger partial charge in [-0.3, -0.25) is 4.57 Å². The molecular formula is CH3O2P. The van der Waals surface area contributed by atoms with Crippen LogP contribution in [0.3, 0.4) is 0 Å². The Morgan fingerprint density at radius 1 is 2.00 bits per heavy atom. The summed E-state index contributed by atoms with van der Waals surface area (Å²) in [5.74, 6) is 0. The minimum Gasteiger partial charge on any atom is -0.317 e. The topological polar surface area (TPSA) is 37.3 Å². The predicted molar refractivity (Wildman–Crippen MR) is 16.9 cm³/mol. The molecule has 0 fully saturated rings. The van der Waals surface area contributed by atoms with E-state index in [9.17, 15) is 0 Å². The predicted octanol–water partition coefficient (Wildman–Crippen LogP) is 0.153. The number of rotatable bonds is 0. The zero-order valence-corrected chi connectivity index (χ0v) is 2.90. The molecule has 0 bridgehead atoms. The highest BCUT2D eigenvalue weighted by Gasteiger charge is 1.44. The third-order valence-electron chi connectivity index (χ3n) is 0. The average molecular weight is 78.0 g/mol. The van der Waals surface area contributed by atoms with E-state index < -0.39 is 7.65 Å². The molecule has 0 saturated heterocycles. The van der Waals surface area contributed by atoms with Crippen LogP contribution in [0.15, 0.2) is 0 Å². The smallest absolute Gasteiger partial charge is 0.228 e. The highest BCUT2D eigenvalue weighted by atomic mass is 31.1. The molecule has 0 aliphatic heterocycles. The first kappa shape index (κ1) is 3.93. The lowest BCUT2D eigenvalue weighted by molar-refractivity contribution is 0.521. The largest absolute Gasteiger partial charge is 0.317 e. The third-order valence-corrected chi connectivity index (χ3v) is 0. The molecule has 0 rings (SSSR count). The third kappa shape index (κ3) is 341. The van der Waals surface area contributed by atoms with Gasteiger partial charge in [-0.1, -0.05) is 0 Å². The molecule has 0 aliphatic carbocycles. The Kier molecular flexibility index (Phi) is 1.25. The standard InChI is InChI=1S/CH3O2P/c1-4(2)3/h1H2,(H,2,3). The summed E-state index contributed by atoms with van der Waals surface area (Å²) >= 11 is 0. The van der Waals surface area contributed by atoms with Crippen molar-refractivity contribution in [3.63, 3.8) is 0 Å². The van der Waals surface area contributed by atoms with Crippen molar-refractivity contribution in [3.05, 3.63) is 0 Å². The normalized spacial score (nSPS) is 10.8. The van der Waals surface area contributed by atoms with Gasteiger partial charge in [0.1, 0.15) is 0 Å². The van der Waals surface area contributed by atoms with E-state index >= 15 is 0 Å². The van der Waals surface area contributed by atoms with Gasteiger partial charge in [0.2, 0.25) is 7.65 Å². The molecule has 0 amide bonds. The van der Waals surface area contributed by atoms with Gasteiger partial charge in [0, 0.05) is 0 Å². The Bertz CT molecular complexity index is 54.4. The summed E-state index contributed by atoms with van der Waals surface area (Å²) in [6.07, 6.45) is 2.70. The van der Waals surface area contributed by atoms with Gasteiger partial charge >= 0.3 is 0 Å². The minimum absolute atomic E-state index is 2.12. The van der Waals surface area contributed by atoms with Crippen LogP contribution in [0.1, 0.15) is 0 Å². The molecule has 0 aliphatic rings. The van der Waals surface area contributed by atoms with E-state index in [0.717, 1.165) is 0 Å². The molecule has 0 radical (unpaired) electrons. The lowest BCUT2D eigenvalue weighted by Crippen LogP contribution is -1.21. The van der Waals surface area contributed by atoms with Crippen LogP contribution in [0.2, 0.25) is 0 Å². The lowest BCUT2D eigenvalue weighted by atomic mass is 12.0. The Labute approximate surface area is 24.6 Å². The van der Waals surface area contributed by atoms with Crippen molar-refractivity contribution >= 4 is 14.0 Å². The molecule has 4 heavy (non-hydrogen) atoms. The lowest BCUT2D eigenvalue weighted by Gasteiger charge is -1.44. The molecular weight excluding hydrogens is 75.0 g/mol. The molecule has 24 valence electrons. The summed E-state index contributed by atoms with van der Waals surface area (Å²) in [4.78, 5) is 7.45. The molecule has 1 unspecified atom stereocenters. The maximum atomic E-state index is 9.04. The zero-order chi connectivity index (χ0) is 3.58. The molecule has 0 spiro atoms. The summed E-state index contributed by atoms with van der Waals surface area (Å²) in [6, 6.07) is 0.